The molecule has 1 aromatic heterocycles. The zero-order chi connectivity index (χ0) is 19.7. The highest BCUT2D eigenvalue weighted by molar-refractivity contribution is 6.03. The monoisotopic (exact) mass is 378 g/mol. The first kappa shape index (κ1) is 19.3. The van der Waals surface area contributed by atoms with Crippen molar-refractivity contribution < 1.29 is 24.2 Å². The van der Waals surface area contributed by atoms with Gasteiger partial charge in [-0.05, 0) is 25.7 Å². The van der Waals surface area contributed by atoms with Crippen LogP contribution in [0.1, 0.15) is 44.1 Å². The van der Waals surface area contributed by atoms with Crippen molar-refractivity contribution in [3.8, 4) is 0 Å². The maximum Gasteiger partial charge on any atom is 0.310 e. The minimum atomic E-state index is -1.03. The standard InChI is InChI=1S/C18H26N4O5/c1-4-22-8-10(15(21-22)17(24)19-7-9(2)3)20-16(23)13-11-5-6-12(27-11)14(13)18(25)26/h8-9,11-14H,4-7H2,1-3H3,(H,19,24)(H,20,23)(H,25,26)/t11-,12+,13-,14-/m0/s1. The van der Waals surface area contributed by atoms with Gasteiger partial charge in [0, 0.05) is 19.3 Å². The lowest BCUT2D eigenvalue weighted by atomic mass is 9.78. The van der Waals surface area contributed by atoms with Crippen molar-refractivity contribution in [1.29, 1.82) is 0 Å². The maximum atomic E-state index is 12.8. The number of nitrogens with one attached hydrogen (secondary N) is 2. The number of aromatic nitrogens is 2. The molecule has 0 unspecified atom stereocenters. The van der Waals surface area contributed by atoms with Gasteiger partial charge in [0.1, 0.15) is 0 Å². The number of hydrogen-bond donors (Lipinski definition) is 3. The fourth-order valence-corrected chi connectivity index (χ4v) is 3.76. The summed E-state index contributed by atoms with van der Waals surface area (Å²) in [4.78, 5) is 36.9. The second kappa shape index (κ2) is 7.67. The van der Waals surface area contributed by atoms with E-state index in [0.29, 0.717) is 25.9 Å². The van der Waals surface area contributed by atoms with Crippen LogP contribution in [0.25, 0.3) is 0 Å². The molecule has 2 fully saturated rings. The minimum absolute atomic E-state index is 0.127. The number of ether oxygens (including phenoxy) is 1. The number of amides is 2. The molecule has 3 heterocycles. The summed E-state index contributed by atoms with van der Waals surface area (Å²) >= 11 is 0. The van der Waals surface area contributed by atoms with Crippen LogP contribution < -0.4 is 10.6 Å². The fraction of sp³-hybridized carbons (Fsp3) is 0.667. The predicted molar refractivity (Wildman–Crippen MR) is 96.2 cm³/mol. The van der Waals surface area contributed by atoms with Crippen molar-refractivity contribution in [2.75, 3.05) is 11.9 Å². The van der Waals surface area contributed by atoms with Crippen LogP contribution in [0.4, 0.5) is 5.69 Å². The number of aryl methyl sites for hydroxylation is 1. The summed E-state index contributed by atoms with van der Waals surface area (Å²) in [5.41, 5.74) is 0.414. The Kier molecular flexibility index (Phi) is 5.50. The number of carbonyl (C=O) groups is 3. The lowest BCUT2D eigenvalue weighted by molar-refractivity contribution is -0.147. The van der Waals surface area contributed by atoms with E-state index >= 15 is 0 Å². The van der Waals surface area contributed by atoms with Gasteiger partial charge in [0.25, 0.3) is 5.91 Å². The molecule has 0 radical (unpaired) electrons. The van der Waals surface area contributed by atoms with Crippen LogP contribution >= 0.6 is 0 Å². The summed E-state index contributed by atoms with van der Waals surface area (Å²) in [6, 6.07) is 0. The number of rotatable bonds is 7. The second-order valence-electron chi connectivity index (χ2n) is 7.52. The molecule has 1 aromatic rings. The van der Waals surface area contributed by atoms with E-state index in [0.717, 1.165) is 0 Å². The van der Waals surface area contributed by atoms with Gasteiger partial charge in [-0.25, -0.2) is 0 Å². The smallest absolute Gasteiger partial charge is 0.310 e. The van der Waals surface area contributed by atoms with Crippen LogP contribution in [0.15, 0.2) is 6.20 Å². The summed E-state index contributed by atoms with van der Waals surface area (Å²) in [6.45, 7) is 6.87. The first-order chi connectivity index (χ1) is 12.8. The summed E-state index contributed by atoms with van der Waals surface area (Å²) in [5.74, 6) is -3.18. The first-order valence-corrected chi connectivity index (χ1v) is 9.36. The van der Waals surface area contributed by atoms with Gasteiger partial charge in [0.05, 0.1) is 29.7 Å². The van der Waals surface area contributed by atoms with Crippen LogP contribution in [-0.4, -0.2) is 51.4 Å². The lowest BCUT2D eigenvalue weighted by Crippen LogP contribution is -2.41. The predicted octanol–water partition coefficient (Wildman–Crippen LogP) is 1.11. The van der Waals surface area contributed by atoms with Crippen molar-refractivity contribution >= 4 is 23.5 Å². The third-order valence-electron chi connectivity index (χ3n) is 5.09. The number of fused-ring (bicyclic) bond motifs is 2. The molecule has 2 aliphatic rings. The Morgan fingerprint density at radius 2 is 1.96 bits per heavy atom. The van der Waals surface area contributed by atoms with Crippen LogP contribution in [0.2, 0.25) is 0 Å². The maximum absolute atomic E-state index is 12.8. The Hall–Kier alpha value is -2.42. The van der Waals surface area contributed by atoms with E-state index in [-0.39, 0.29) is 23.2 Å². The zero-order valence-corrected chi connectivity index (χ0v) is 15.8. The van der Waals surface area contributed by atoms with Crippen molar-refractivity contribution in [2.24, 2.45) is 17.8 Å². The third-order valence-corrected chi connectivity index (χ3v) is 5.09. The van der Waals surface area contributed by atoms with E-state index in [9.17, 15) is 19.5 Å². The molecule has 27 heavy (non-hydrogen) atoms. The van der Waals surface area contributed by atoms with E-state index < -0.39 is 35.9 Å². The highest BCUT2D eigenvalue weighted by atomic mass is 16.5. The number of anilines is 1. The largest absolute Gasteiger partial charge is 0.481 e. The number of carbonyl (C=O) groups excluding carboxylic acids is 2. The van der Waals surface area contributed by atoms with Crippen molar-refractivity contribution in [3.63, 3.8) is 0 Å². The van der Waals surface area contributed by atoms with Gasteiger partial charge in [-0.1, -0.05) is 13.8 Å². The second-order valence-corrected chi connectivity index (χ2v) is 7.52. The summed E-state index contributed by atoms with van der Waals surface area (Å²) < 4.78 is 7.21. The molecule has 4 atom stereocenters. The van der Waals surface area contributed by atoms with Crippen LogP contribution in [0, 0.1) is 17.8 Å². The highest BCUT2D eigenvalue weighted by Gasteiger charge is 2.55. The topological polar surface area (TPSA) is 123 Å². The number of aliphatic carboxylic acids is 1. The van der Waals surface area contributed by atoms with Crippen LogP contribution in [-0.2, 0) is 20.9 Å². The number of carboxylic acids is 1. The lowest BCUT2D eigenvalue weighted by Gasteiger charge is -2.23. The van der Waals surface area contributed by atoms with Gasteiger partial charge in [0.2, 0.25) is 5.91 Å². The minimum Gasteiger partial charge on any atom is -0.481 e. The Bertz CT molecular complexity index is 744. The fourth-order valence-electron chi connectivity index (χ4n) is 3.76. The molecule has 0 spiro atoms. The third kappa shape index (κ3) is 3.83. The van der Waals surface area contributed by atoms with Gasteiger partial charge in [0.15, 0.2) is 5.69 Å². The molecule has 148 valence electrons. The van der Waals surface area contributed by atoms with Crippen LogP contribution in [0.5, 0.6) is 0 Å². The van der Waals surface area contributed by atoms with Gasteiger partial charge in [-0.3, -0.25) is 19.1 Å². The molecule has 0 aliphatic carbocycles. The van der Waals surface area contributed by atoms with Crippen LogP contribution in [0.3, 0.4) is 0 Å². The van der Waals surface area contributed by atoms with Crippen molar-refractivity contribution in [2.45, 2.75) is 52.4 Å². The first-order valence-electron chi connectivity index (χ1n) is 9.36. The Morgan fingerprint density at radius 3 is 2.56 bits per heavy atom. The number of carboxylic acid groups (broad SMARTS) is 1. The van der Waals surface area contributed by atoms with Gasteiger partial charge >= 0.3 is 5.97 Å². The molecule has 3 rings (SSSR count). The molecule has 2 amide bonds. The summed E-state index contributed by atoms with van der Waals surface area (Å²) in [5, 5.41) is 19.2. The van der Waals surface area contributed by atoms with Crippen molar-refractivity contribution in [1.82, 2.24) is 15.1 Å². The SMILES string of the molecule is CCn1cc(NC(=O)[C@@H]2[C@@H](C(=O)O)[C@H]3CC[C@@H]2O3)c(C(=O)NCC(C)C)n1. The molecular formula is C18H26N4O5. The van der Waals surface area contributed by atoms with E-state index in [1.807, 2.05) is 20.8 Å². The average Bonchev–Trinajstić information content (AvgIpc) is 3.32. The molecule has 9 heteroatoms. The zero-order valence-electron chi connectivity index (χ0n) is 15.8. The average molecular weight is 378 g/mol. The molecule has 0 aromatic carbocycles. The van der Waals surface area contributed by atoms with Crippen molar-refractivity contribution in [3.05, 3.63) is 11.9 Å². The van der Waals surface area contributed by atoms with E-state index in [2.05, 4.69) is 15.7 Å². The van der Waals surface area contributed by atoms with Gasteiger partial charge in [-0.2, -0.15) is 5.10 Å². The van der Waals surface area contributed by atoms with E-state index in [1.165, 1.54) is 0 Å². The molecule has 2 saturated heterocycles. The molecule has 9 nitrogen and oxygen atoms in total. The Balaban J connectivity index is 1.78. The van der Waals surface area contributed by atoms with Gasteiger partial charge < -0.3 is 20.5 Å². The van der Waals surface area contributed by atoms with Gasteiger partial charge in [-0.15, -0.1) is 0 Å². The molecule has 0 saturated carbocycles. The summed E-state index contributed by atoms with van der Waals surface area (Å²) in [7, 11) is 0. The Morgan fingerprint density at radius 1 is 1.30 bits per heavy atom. The van der Waals surface area contributed by atoms with E-state index in [4.69, 9.17) is 4.74 Å². The molecule has 3 N–H and O–H groups in total. The molecule has 2 bridgehead atoms. The molecular weight excluding hydrogens is 352 g/mol. The normalized spacial score (nSPS) is 26.4. The molecule has 2 aliphatic heterocycles. The number of hydrogen-bond acceptors (Lipinski definition) is 5. The van der Waals surface area contributed by atoms with E-state index in [1.54, 1.807) is 10.9 Å². The highest BCUT2D eigenvalue weighted by Crippen LogP contribution is 2.44. The Labute approximate surface area is 157 Å². The number of nitrogens with zero attached hydrogens (tertiary/aromatic N) is 2. The summed E-state index contributed by atoms with van der Waals surface area (Å²) in [6.07, 6.45) is 2.10. The quantitative estimate of drug-likeness (QED) is 0.653.